The third kappa shape index (κ3) is 2.82. The second kappa shape index (κ2) is 5.35. The van der Waals surface area contributed by atoms with E-state index < -0.39 is 4.92 Å². The van der Waals surface area contributed by atoms with Gasteiger partial charge in [-0.1, -0.05) is 11.6 Å². The smallest absolute Gasteiger partial charge is 0.288 e. The number of aryl methyl sites for hydroxylation is 1. The van der Waals surface area contributed by atoms with Gasteiger partial charge < -0.3 is 10.6 Å². The van der Waals surface area contributed by atoms with Gasteiger partial charge in [0.1, 0.15) is 5.02 Å². The van der Waals surface area contributed by atoms with Crippen molar-refractivity contribution in [2.45, 2.75) is 25.8 Å². The third-order valence-electron chi connectivity index (χ3n) is 3.75. The predicted octanol–water partition coefficient (Wildman–Crippen LogP) is 2.73. The van der Waals surface area contributed by atoms with Crippen LogP contribution in [0.25, 0.3) is 0 Å². The van der Waals surface area contributed by atoms with Crippen LogP contribution in [0.5, 0.6) is 0 Å². The Morgan fingerprint density at radius 3 is 2.68 bits per heavy atom. The topological polar surface area (TPSA) is 72.4 Å². The van der Waals surface area contributed by atoms with Crippen molar-refractivity contribution in [1.82, 2.24) is 0 Å². The van der Waals surface area contributed by atoms with Crippen LogP contribution in [0.1, 0.15) is 18.4 Å². The number of hydrogen-bond acceptors (Lipinski definition) is 4. The van der Waals surface area contributed by atoms with Crippen molar-refractivity contribution in [3.8, 4) is 0 Å². The van der Waals surface area contributed by atoms with Crippen LogP contribution in [0, 0.1) is 23.0 Å². The molecular weight excluding hydrogens is 266 g/mol. The number of likely N-dealkylation sites (N-methyl/N-ethyl adjacent to an activating group) is 1. The van der Waals surface area contributed by atoms with E-state index in [9.17, 15) is 10.1 Å². The summed E-state index contributed by atoms with van der Waals surface area (Å²) in [5, 5.41) is 11.0. The minimum Gasteiger partial charge on any atom is -0.370 e. The van der Waals surface area contributed by atoms with E-state index >= 15 is 0 Å². The van der Waals surface area contributed by atoms with Gasteiger partial charge in [0, 0.05) is 31.4 Å². The number of hydrogen-bond donors (Lipinski definition) is 1. The van der Waals surface area contributed by atoms with E-state index in [1.54, 1.807) is 6.07 Å². The molecule has 1 saturated carbocycles. The Balaban J connectivity index is 2.33. The number of anilines is 1. The highest BCUT2D eigenvalue weighted by molar-refractivity contribution is 6.33. The molecule has 2 N–H and O–H groups in total. The molecule has 0 spiro atoms. The molecule has 104 valence electrons. The summed E-state index contributed by atoms with van der Waals surface area (Å²) in [5.41, 5.74) is 7.55. The van der Waals surface area contributed by atoms with Crippen molar-refractivity contribution in [3.63, 3.8) is 0 Å². The van der Waals surface area contributed by atoms with E-state index in [0.717, 1.165) is 11.3 Å². The Morgan fingerprint density at radius 1 is 1.58 bits per heavy atom. The highest BCUT2D eigenvalue weighted by Crippen LogP contribution is 2.38. The first kappa shape index (κ1) is 14.1. The highest BCUT2D eigenvalue weighted by atomic mass is 35.5. The molecule has 0 aliphatic heterocycles. The van der Waals surface area contributed by atoms with Crippen LogP contribution in [0.3, 0.4) is 0 Å². The van der Waals surface area contributed by atoms with Crippen LogP contribution >= 0.6 is 11.6 Å². The minimum absolute atomic E-state index is 0.0490. The van der Waals surface area contributed by atoms with Gasteiger partial charge in [-0.2, -0.15) is 0 Å². The molecule has 0 radical (unpaired) electrons. The molecule has 1 atom stereocenters. The first-order valence-electron chi connectivity index (χ1n) is 6.33. The van der Waals surface area contributed by atoms with Crippen LogP contribution in [-0.4, -0.2) is 24.6 Å². The van der Waals surface area contributed by atoms with Crippen molar-refractivity contribution < 1.29 is 4.92 Å². The Hall–Kier alpha value is -1.33. The van der Waals surface area contributed by atoms with Crippen molar-refractivity contribution >= 4 is 23.0 Å². The number of nitrogens with two attached hydrogens (primary N) is 1. The van der Waals surface area contributed by atoms with Crippen LogP contribution < -0.4 is 10.6 Å². The summed E-state index contributed by atoms with van der Waals surface area (Å²) in [6, 6.07) is 3.46. The molecule has 0 aromatic heterocycles. The van der Waals surface area contributed by atoms with Crippen molar-refractivity contribution in [1.29, 1.82) is 0 Å². The Morgan fingerprint density at radius 2 is 2.21 bits per heavy atom. The molecule has 5 nitrogen and oxygen atoms in total. The van der Waals surface area contributed by atoms with Crippen molar-refractivity contribution in [3.05, 3.63) is 32.8 Å². The normalized spacial score (nSPS) is 16.2. The fourth-order valence-electron chi connectivity index (χ4n) is 2.50. The van der Waals surface area contributed by atoms with Crippen LogP contribution in [0.2, 0.25) is 5.02 Å². The maximum Gasteiger partial charge on any atom is 0.288 e. The van der Waals surface area contributed by atoms with Crippen LogP contribution in [0.4, 0.5) is 11.4 Å². The first-order valence-corrected chi connectivity index (χ1v) is 6.71. The molecule has 0 bridgehead atoms. The maximum absolute atomic E-state index is 10.9. The molecule has 2 rings (SSSR count). The quantitative estimate of drug-likeness (QED) is 0.666. The predicted molar refractivity (Wildman–Crippen MR) is 76.8 cm³/mol. The maximum atomic E-state index is 10.9. The molecular formula is C13H18ClN3O2. The van der Waals surface area contributed by atoms with E-state index in [1.807, 2.05) is 14.0 Å². The van der Waals surface area contributed by atoms with Crippen molar-refractivity contribution in [2.24, 2.45) is 11.7 Å². The Bertz CT molecular complexity index is 503. The van der Waals surface area contributed by atoms with Crippen molar-refractivity contribution in [2.75, 3.05) is 18.5 Å². The van der Waals surface area contributed by atoms with Gasteiger partial charge >= 0.3 is 0 Å². The molecule has 1 aromatic rings. The van der Waals surface area contributed by atoms with Gasteiger partial charge in [-0.25, -0.2) is 0 Å². The summed E-state index contributed by atoms with van der Waals surface area (Å²) >= 11 is 5.98. The molecule has 1 aromatic carbocycles. The van der Waals surface area contributed by atoms with Gasteiger partial charge in [0.2, 0.25) is 0 Å². The molecule has 1 fully saturated rings. The standard InChI is InChI=1S/C13H18ClN3O2/c1-8-5-12(17(18)19)10(14)6-11(8)16(2)13(7-15)9-3-4-9/h5-6,9,13H,3-4,7,15H2,1-2H3. The van der Waals surface area contributed by atoms with Gasteiger partial charge in [0.15, 0.2) is 0 Å². The van der Waals surface area contributed by atoms with Gasteiger partial charge in [0.25, 0.3) is 5.69 Å². The summed E-state index contributed by atoms with van der Waals surface area (Å²) in [6.07, 6.45) is 2.40. The van der Waals surface area contributed by atoms with E-state index in [1.165, 1.54) is 18.9 Å². The minimum atomic E-state index is -0.458. The monoisotopic (exact) mass is 283 g/mol. The summed E-state index contributed by atoms with van der Waals surface area (Å²) < 4.78 is 0. The Labute approximate surface area is 117 Å². The SMILES string of the molecule is Cc1cc([N+](=O)[O-])c(Cl)cc1N(C)C(CN)C1CC1. The fraction of sp³-hybridized carbons (Fsp3) is 0.538. The van der Waals surface area contributed by atoms with Gasteiger partial charge in [-0.3, -0.25) is 10.1 Å². The Kier molecular flexibility index (Phi) is 3.96. The zero-order valence-electron chi connectivity index (χ0n) is 11.1. The lowest BCUT2D eigenvalue weighted by molar-refractivity contribution is -0.384. The first-order chi connectivity index (χ1) is 8.95. The van der Waals surface area contributed by atoms with Gasteiger partial charge in [0.05, 0.1) is 4.92 Å². The molecule has 19 heavy (non-hydrogen) atoms. The highest BCUT2D eigenvalue weighted by Gasteiger charge is 2.33. The average Bonchev–Trinajstić information content (AvgIpc) is 3.16. The number of halogens is 1. The largest absolute Gasteiger partial charge is 0.370 e. The van der Waals surface area contributed by atoms with E-state index in [4.69, 9.17) is 17.3 Å². The second-order valence-electron chi connectivity index (χ2n) is 5.10. The lowest BCUT2D eigenvalue weighted by Crippen LogP contribution is -2.40. The van der Waals surface area contributed by atoms with Crippen LogP contribution in [-0.2, 0) is 0 Å². The number of nitrogens with zero attached hydrogens (tertiary/aromatic N) is 2. The second-order valence-corrected chi connectivity index (χ2v) is 5.51. The number of benzene rings is 1. The lowest BCUT2D eigenvalue weighted by atomic mass is 10.1. The number of nitro benzene ring substituents is 1. The molecule has 1 unspecified atom stereocenters. The van der Waals surface area contributed by atoms with E-state index in [0.29, 0.717) is 12.5 Å². The molecule has 0 amide bonds. The third-order valence-corrected chi connectivity index (χ3v) is 4.05. The zero-order chi connectivity index (χ0) is 14.2. The number of rotatable bonds is 5. The summed E-state index contributed by atoms with van der Waals surface area (Å²) in [5.74, 6) is 0.628. The molecule has 0 saturated heterocycles. The van der Waals surface area contributed by atoms with Gasteiger partial charge in [-0.05, 0) is 37.3 Å². The average molecular weight is 284 g/mol. The van der Waals surface area contributed by atoms with E-state index in [2.05, 4.69) is 4.90 Å². The molecule has 1 aliphatic rings. The summed E-state index contributed by atoms with van der Waals surface area (Å²) in [6.45, 7) is 2.44. The molecule has 1 aliphatic carbocycles. The summed E-state index contributed by atoms with van der Waals surface area (Å²) in [7, 11) is 1.97. The van der Waals surface area contributed by atoms with E-state index in [-0.39, 0.29) is 16.8 Å². The molecule has 6 heteroatoms. The van der Waals surface area contributed by atoms with Crippen LogP contribution in [0.15, 0.2) is 12.1 Å². The fourth-order valence-corrected chi connectivity index (χ4v) is 2.73. The molecule has 0 heterocycles. The zero-order valence-corrected chi connectivity index (χ0v) is 11.9. The summed E-state index contributed by atoms with van der Waals surface area (Å²) in [4.78, 5) is 12.5. The lowest BCUT2D eigenvalue weighted by Gasteiger charge is -2.30. The number of nitro groups is 1. The van der Waals surface area contributed by atoms with Gasteiger partial charge in [-0.15, -0.1) is 0 Å².